The molecule has 0 aliphatic rings. The first-order valence-corrected chi connectivity index (χ1v) is 6.31. The summed E-state index contributed by atoms with van der Waals surface area (Å²) in [7, 11) is 0. The van der Waals surface area contributed by atoms with Crippen LogP contribution < -0.4 is 5.32 Å². The van der Waals surface area contributed by atoms with Crippen molar-refractivity contribution in [1.82, 2.24) is 14.7 Å². The van der Waals surface area contributed by atoms with E-state index in [0.717, 1.165) is 10.9 Å². The van der Waals surface area contributed by atoms with Crippen molar-refractivity contribution in [1.29, 1.82) is 0 Å². The highest BCUT2D eigenvalue weighted by Crippen LogP contribution is 2.23. The Morgan fingerprint density at radius 1 is 1.57 bits per heavy atom. The molecule has 0 amide bonds. The smallest absolute Gasteiger partial charge is 0.170 e. The molecule has 0 radical (unpaired) electrons. The van der Waals surface area contributed by atoms with Gasteiger partial charge in [-0.25, -0.2) is 4.98 Å². The number of hydrogen-bond acceptors (Lipinski definition) is 5. The highest BCUT2D eigenvalue weighted by molar-refractivity contribution is 8.01. The molecule has 1 aromatic rings. The lowest BCUT2D eigenvalue weighted by Crippen LogP contribution is -2.39. The molecule has 1 rings (SSSR count). The van der Waals surface area contributed by atoms with Crippen molar-refractivity contribution < 1.29 is 0 Å². The van der Waals surface area contributed by atoms with E-state index in [2.05, 4.69) is 42.4 Å². The molecular formula is C9H17N3S2. The van der Waals surface area contributed by atoms with Crippen molar-refractivity contribution >= 4 is 23.3 Å². The number of nitrogens with zero attached hydrogens (tertiary/aromatic N) is 2. The zero-order valence-corrected chi connectivity index (χ0v) is 10.7. The molecule has 80 valence electrons. The summed E-state index contributed by atoms with van der Waals surface area (Å²) in [6, 6.07) is 0. The van der Waals surface area contributed by atoms with Crippen LogP contribution in [0.15, 0.2) is 10.7 Å². The lowest BCUT2D eigenvalue weighted by atomic mass is 10.1. The topological polar surface area (TPSA) is 37.8 Å². The number of thioether (sulfide) groups is 1. The highest BCUT2D eigenvalue weighted by atomic mass is 32.2. The Morgan fingerprint density at radius 3 is 2.79 bits per heavy atom. The van der Waals surface area contributed by atoms with Crippen molar-refractivity contribution in [2.75, 3.05) is 6.54 Å². The molecular weight excluding hydrogens is 214 g/mol. The van der Waals surface area contributed by atoms with Gasteiger partial charge in [-0.05, 0) is 32.3 Å². The molecule has 0 aliphatic heterocycles. The molecule has 0 saturated heterocycles. The lowest BCUT2D eigenvalue weighted by Gasteiger charge is -2.22. The third kappa shape index (κ3) is 4.93. The van der Waals surface area contributed by atoms with Gasteiger partial charge in [0.05, 0.1) is 0 Å². The molecule has 1 N–H and O–H groups in total. The van der Waals surface area contributed by atoms with Crippen LogP contribution in [0.4, 0.5) is 0 Å². The van der Waals surface area contributed by atoms with Gasteiger partial charge in [-0.2, -0.15) is 4.37 Å². The quantitative estimate of drug-likeness (QED) is 0.808. The summed E-state index contributed by atoms with van der Waals surface area (Å²) < 4.78 is 5.02. The van der Waals surface area contributed by atoms with Crippen molar-refractivity contribution in [2.24, 2.45) is 0 Å². The highest BCUT2D eigenvalue weighted by Gasteiger charge is 2.12. The van der Waals surface area contributed by atoms with Gasteiger partial charge in [-0.3, -0.25) is 0 Å². The lowest BCUT2D eigenvalue weighted by molar-refractivity contribution is 0.429. The van der Waals surface area contributed by atoms with Crippen molar-refractivity contribution in [3.63, 3.8) is 0 Å². The second kappa shape index (κ2) is 5.09. The third-order valence-corrected chi connectivity index (χ3v) is 3.41. The van der Waals surface area contributed by atoms with E-state index in [4.69, 9.17) is 0 Å². The third-order valence-electron chi connectivity index (χ3n) is 1.56. The van der Waals surface area contributed by atoms with Crippen molar-refractivity contribution in [2.45, 2.75) is 42.8 Å². The molecule has 0 aromatic carbocycles. The van der Waals surface area contributed by atoms with Gasteiger partial charge in [0, 0.05) is 17.3 Å². The van der Waals surface area contributed by atoms with Crippen molar-refractivity contribution in [3.05, 3.63) is 6.33 Å². The van der Waals surface area contributed by atoms with Crippen LogP contribution in [-0.4, -0.2) is 26.7 Å². The van der Waals surface area contributed by atoms with E-state index in [0.29, 0.717) is 5.25 Å². The summed E-state index contributed by atoms with van der Waals surface area (Å²) in [6.45, 7) is 9.72. The predicted octanol–water partition coefficient (Wildman–Crippen LogP) is 2.41. The predicted molar refractivity (Wildman–Crippen MR) is 63.0 cm³/mol. The fourth-order valence-electron chi connectivity index (χ4n) is 0.879. The molecule has 0 aliphatic carbocycles. The summed E-state index contributed by atoms with van der Waals surface area (Å²) in [5, 5.41) is 4.00. The summed E-state index contributed by atoms with van der Waals surface area (Å²) in [6.07, 6.45) is 1.61. The Hall–Kier alpha value is -0.130. The first-order chi connectivity index (χ1) is 6.47. The summed E-state index contributed by atoms with van der Waals surface area (Å²) in [4.78, 5) is 4.14. The molecule has 1 unspecified atom stereocenters. The molecule has 1 atom stereocenters. The Labute approximate surface area is 93.9 Å². The minimum absolute atomic E-state index is 0.190. The SMILES string of the molecule is CC(CNC(C)(C)C)Sc1ncns1. The van der Waals surface area contributed by atoms with Crippen LogP contribution in [0.5, 0.6) is 0 Å². The molecule has 0 fully saturated rings. The number of nitrogens with one attached hydrogen (secondary N) is 1. The van der Waals surface area contributed by atoms with Crippen LogP contribution in [0.2, 0.25) is 0 Å². The van der Waals surface area contributed by atoms with E-state index in [1.54, 1.807) is 18.1 Å². The minimum Gasteiger partial charge on any atom is -0.311 e. The Morgan fingerprint density at radius 2 is 2.29 bits per heavy atom. The normalized spacial score (nSPS) is 14.3. The molecule has 14 heavy (non-hydrogen) atoms. The van der Waals surface area contributed by atoms with Gasteiger partial charge in [-0.15, -0.1) is 0 Å². The van der Waals surface area contributed by atoms with Crippen LogP contribution in [0.25, 0.3) is 0 Å². The maximum absolute atomic E-state index is 4.14. The second-order valence-corrected chi connectivity index (χ2v) is 6.73. The Kier molecular flexibility index (Phi) is 4.34. The number of aromatic nitrogens is 2. The van der Waals surface area contributed by atoms with Gasteiger partial charge in [0.1, 0.15) is 6.33 Å². The number of rotatable bonds is 4. The molecule has 0 spiro atoms. The van der Waals surface area contributed by atoms with Crippen LogP contribution in [0, 0.1) is 0 Å². The molecule has 0 bridgehead atoms. The average Bonchev–Trinajstić information content (AvgIpc) is 2.52. The molecule has 1 aromatic heterocycles. The largest absolute Gasteiger partial charge is 0.311 e. The monoisotopic (exact) mass is 231 g/mol. The van der Waals surface area contributed by atoms with Crippen LogP contribution in [0.3, 0.4) is 0 Å². The van der Waals surface area contributed by atoms with E-state index in [9.17, 15) is 0 Å². The summed E-state index contributed by atoms with van der Waals surface area (Å²) in [5.41, 5.74) is 0.190. The van der Waals surface area contributed by atoms with Gasteiger partial charge >= 0.3 is 0 Å². The van der Waals surface area contributed by atoms with Gasteiger partial charge in [0.15, 0.2) is 4.34 Å². The molecule has 5 heteroatoms. The van der Waals surface area contributed by atoms with Gasteiger partial charge in [0.2, 0.25) is 0 Å². The maximum atomic E-state index is 4.14. The van der Waals surface area contributed by atoms with Gasteiger partial charge in [-0.1, -0.05) is 18.7 Å². The van der Waals surface area contributed by atoms with E-state index >= 15 is 0 Å². The van der Waals surface area contributed by atoms with Crippen molar-refractivity contribution in [3.8, 4) is 0 Å². The van der Waals surface area contributed by atoms with E-state index < -0.39 is 0 Å². The second-order valence-electron chi connectivity index (χ2n) is 4.27. The first kappa shape index (κ1) is 11.9. The standard InChI is InChI=1S/C9H17N3S2/c1-7(5-11-9(2,3)4)13-8-10-6-12-14-8/h6-7,11H,5H2,1-4H3. The average molecular weight is 231 g/mol. The minimum atomic E-state index is 0.190. The Bertz CT molecular complexity index is 254. The van der Waals surface area contributed by atoms with Gasteiger partial charge in [0.25, 0.3) is 0 Å². The van der Waals surface area contributed by atoms with Crippen LogP contribution in [-0.2, 0) is 0 Å². The van der Waals surface area contributed by atoms with Crippen LogP contribution >= 0.6 is 23.3 Å². The molecule has 3 nitrogen and oxygen atoms in total. The molecule has 0 saturated carbocycles. The van der Waals surface area contributed by atoms with Crippen LogP contribution in [0.1, 0.15) is 27.7 Å². The fraction of sp³-hybridized carbons (Fsp3) is 0.778. The van der Waals surface area contributed by atoms with E-state index in [1.165, 1.54) is 11.5 Å². The van der Waals surface area contributed by atoms with E-state index in [1.807, 2.05) is 0 Å². The zero-order chi connectivity index (χ0) is 10.6. The fourth-order valence-corrected chi connectivity index (χ4v) is 2.57. The van der Waals surface area contributed by atoms with Gasteiger partial charge < -0.3 is 5.32 Å². The summed E-state index contributed by atoms with van der Waals surface area (Å²) >= 11 is 3.23. The Balaban J connectivity index is 2.26. The van der Waals surface area contributed by atoms with E-state index in [-0.39, 0.29) is 5.54 Å². The number of hydrogen-bond donors (Lipinski definition) is 1. The molecule has 1 heterocycles. The summed E-state index contributed by atoms with van der Waals surface area (Å²) in [5.74, 6) is 0. The maximum Gasteiger partial charge on any atom is 0.170 e. The zero-order valence-electron chi connectivity index (χ0n) is 9.07. The first-order valence-electron chi connectivity index (χ1n) is 4.66.